The summed E-state index contributed by atoms with van der Waals surface area (Å²) in [6.45, 7) is 11.8. The van der Waals surface area contributed by atoms with E-state index in [1.165, 1.54) is 99.1 Å². The van der Waals surface area contributed by atoms with E-state index in [9.17, 15) is 0 Å². The fourth-order valence-electron chi connectivity index (χ4n) is 10.8. The molecule has 0 unspecified atom stereocenters. The largest absolute Gasteiger partial charge is 0.310 e. The Morgan fingerprint density at radius 2 is 0.968 bits per heavy atom. The molecule has 0 amide bonds. The second kappa shape index (κ2) is 13.5. The van der Waals surface area contributed by atoms with E-state index in [0.29, 0.717) is 0 Å². The number of thiophene rings is 1. The molecule has 8 aromatic carbocycles. The first-order valence-corrected chi connectivity index (χ1v) is 22.6. The standard InChI is InChI=1S/C59H46N2S/c1-37-32-41(33-50-49-35-48-46-17-10-12-19-52(46)59(4,5)54(48)36-55(49)61(57(37)50)56-20-13-31-62-56)40-23-27-43(28-24-40)60(42-25-21-39(22-26-42)38-14-7-6-8-15-38)44-29-30-47-45-16-9-11-18-51(45)58(2,3)53(47)34-44/h6-36H,1-5H3. The number of rotatable bonds is 6. The van der Waals surface area contributed by atoms with Crippen molar-refractivity contribution in [2.75, 3.05) is 4.90 Å². The fourth-order valence-corrected chi connectivity index (χ4v) is 11.6. The van der Waals surface area contributed by atoms with E-state index < -0.39 is 0 Å². The van der Waals surface area contributed by atoms with Crippen LogP contribution >= 0.6 is 11.3 Å². The minimum Gasteiger partial charge on any atom is -0.310 e. The molecule has 0 bridgehead atoms. The second-order valence-electron chi connectivity index (χ2n) is 18.3. The highest BCUT2D eigenvalue weighted by atomic mass is 32.1. The molecule has 0 fully saturated rings. The summed E-state index contributed by atoms with van der Waals surface area (Å²) in [5, 5.41) is 6.02. The van der Waals surface area contributed by atoms with Crippen molar-refractivity contribution in [2.24, 2.45) is 0 Å². The van der Waals surface area contributed by atoms with Crippen LogP contribution in [0.1, 0.15) is 55.5 Å². The number of hydrogen-bond donors (Lipinski definition) is 0. The quantitative estimate of drug-likeness (QED) is 0.162. The van der Waals surface area contributed by atoms with Gasteiger partial charge in [-0.15, -0.1) is 11.3 Å². The Hall–Kier alpha value is -6.94. The molecule has 3 heteroatoms. The highest BCUT2D eigenvalue weighted by Gasteiger charge is 2.37. The number of fused-ring (bicyclic) bond motifs is 9. The zero-order chi connectivity index (χ0) is 41.9. The van der Waals surface area contributed by atoms with E-state index >= 15 is 0 Å². The van der Waals surface area contributed by atoms with Crippen molar-refractivity contribution >= 4 is 50.2 Å². The predicted octanol–water partition coefficient (Wildman–Crippen LogP) is 16.6. The van der Waals surface area contributed by atoms with Crippen molar-refractivity contribution in [1.82, 2.24) is 4.57 Å². The lowest BCUT2D eigenvalue weighted by Gasteiger charge is -2.28. The molecule has 0 atom stereocenters. The molecule has 0 aliphatic heterocycles. The smallest absolute Gasteiger partial charge is 0.0999 e. The Balaban J connectivity index is 0.992. The van der Waals surface area contributed by atoms with Crippen molar-refractivity contribution in [3.8, 4) is 49.5 Å². The molecule has 0 saturated carbocycles. The van der Waals surface area contributed by atoms with Gasteiger partial charge in [0.1, 0.15) is 0 Å². The minimum absolute atomic E-state index is 0.0718. The van der Waals surface area contributed by atoms with Crippen LogP contribution in [0.25, 0.3) is 71.3 Å². The van der Waals surface area contributed by atoms with Crippen LogP contribution in [0.3, 0.4) is 0 Å². The van der Waals surface area contributed by atoms with Crippen LogP contribution in [0.15, 0.2) is 187 Å². The van der Waals surface area contributed by atoms with Gasteiger partial charge in [-0.25, -0.2) is 0 Å². The maximum absolute atomic E-state index is 2.51. The highest BCUT2D eigenvalue weighted by molar-refractivity contribution is 7.12. The van der Waals surface area contributed by atoms with Crippen LogP contribution < -0.4 is 4.90 Å². The van der Waals surface area contributed by atoms with Gasteiger partial charge < -0.3 is 9.47 Å². The first-order valence-electron chi connectivity index (χ1n) is 21.7. The molecule has 0 N–H and O–H groups in total. The maximum atomic E-state index is 2.51. The zero-order valence-corrected chi connectivity index (χ0v) is 36.5. The summed E-state index contributed by atoms with van der Waals surface area (Å²) >= 11 is 1.80. The van der Waals surface area contributed by atoms with E-state index in [-0.39, 0.29) is 10.8 Å². The minimum atomic E-state index is -0.0998. The summed E-state index contributed by atoms with van der Waals surface area (Å²) in [4.78, 5) is 2.42. The van der Waals surface area contributed by atoms with Gasteiger partial charge in [-0.1, -0.05) is 137 Å². The monoisotopic (exact) mass is 814 g/mol. The molecule has 62 heavy (non-hydrogen) atoms. The molecule has 0 spiro atoms. The number of anilines is 3. The molecule has 0 radical (unpaired) electrons. The number of benzene rings is 8. The topological polar surface area (TPSA) is 8.17 Å². The third-order valence-corrected chi connectivity index (χ3v) is 14.9. The van der Waals surface area contributed by atoms with E-state index in [4.69, 9.17) is 0 Å². The first-order chi connectivity index (χ1) is 30.2. The Morgan fingerprint density at radius 1 is 0.419 bits per heavy atom. The molecule has 12 rings (SSSR count). The molecule has 2 heterocycles. The van der Waals surface area contributed by atoms with Crippen LogP contribution in [-0.4, -0.2) is 4.57 Å². The normalized spacial score (nSPS) is 14.1. The van der Waals surface area contributed by atoms with Gasteiger partial charge in [0.05, 0.1) is 16.0 Å². The number of aryl methyl sites for hydroxylation is 1. The molecular formula is C59H46N2S. The summed E-state index contributed by atoms with van der Waals surface area (Å²) in [7, 11) is 0. The van der Waals surface area contributed by atoms with Crippen LogP contribution in [0, 0.1) is 6.92 Å². The van der Waals surface area contributed by atoms with Gasteiger partial charge in [0.25, 0.3) is 0 Å². The number of nitrogens with zero attached hydrogens (tertiary/aromatic N) is 2. The van der Waals surface area contributed by atoms with Crippen LogP contribution in [0.4, 0.5) is 17.1 Å². The lowest BCUT2D eigenvalue weighted by Crippen LogP contribution is -2.16. The van der Waals surface area contributed by atoms with E-state index in [1.54, 1.807) is 11.3 Å². The average Bonchev–Trinajstić information content (AvgIpc) is 4.05. The van der Waals surface area contributed by atoms with Gasteiger partial charge in [-0.3, -0.25) is 0 Å². The SMILES string of the molecule is Cc1cc(-c2ccc(N(c3ccc(-c4ccccc4)cc3)c3ccc4c(c3)C(C)(C)c3ccccc3-4)cc2)cc2c3cc4c(cc3n(-c3cccs3)c12)C(C)(C)c1ccccc1-4. The lowest BCUT2D eigenvalue weighted by atomic mass is 9.82. The third-order valence-electron chi connectivity index (χ3n) is 14.0. The van der Waals surface area contributed by atoms with Gasteiger partial charge in [0.2, 0.25) is 0 Å². The first kappa shape index (κ1) is 36.9. The van der Waals surface area contributed by atoms with Crippen molar-refractivity contribution < 1.29 is 0 Å². The van der Waals surface area contributed by atoms with Gasteiger partial charge in [0.15, 0.2) is 0 Å². The van der Waals surface area contributed by atoms with Gasteiger partial charge in [-0.05, 0) is 157 Å². The van der Waals surface area contributed by atoms with E-state index in [0.717, 1.165) is 17.1 Å². The van der Waals surface area contributed by atoms with Crippen molar-refractivity contribution in [3.05, 3.63) is 215 Å². The van der Waals surface area contributed by atoms with Crippen molar-refractivity contribution in [1.29, 1.82) is 0 Å². The molecule has 2 aliphatic rings. The maximum Gasteiger partial charge on any atom is 0.0999 e. The third kappa shape index (κ3) is 5.41. The fraction of sp³-hybridized carbons (Fsp3) is 0.119. The van der Waals surface area contributed by atoms with Crippen LogP contribution in [0.2, 0.25) is 0 Å². The molecule has 2 nitrogen and oxygen atoms in total. The van der Waals surface area contributed by atoms with E-state index in [2.05, 4.69) is 231 Å². The van der Waals surface area contributed by atoms with Crippen LogP contribution in [-0.2, 0) is 10.8 Å². The summed E-state index contributed by atoms with van der Waals surface area (Å²) < 4.78 is 2.51. The highest BCUT2D eigenvalue weighted by Crippen LogP contribution is 2.53. The zero-order valence-electron chi connectivity index (χ0n) is 35.7. The summed E-state index contributed by atoms with van der Waals surface area (Å²) in [5.41, 5.74) is 22.8. The Labute approximate surface area is 368 Å². The van der Waals surface area contributed by atoms with Crippen molar-refractivity contribution in [3.63, 3.8) is 0 Å². The van der Waals surface area contributed by atoms with E-state index in [1.807, 2.05) is 0 Å². The lowest BCUT2D eigenvalue weighted by molar-refractivity contribution is 0.660. The van der Waals surface area contributed by atoms with Gasteiger partial charge in [0, 0.05) is 38.7 Å². The Morgan fingerprint density at radius 3 is 1.61 bits per heavy atom. The Bertz CT molecular complexity index is 3380. The molecule has 2 aromatic heterocycles. The Kier molecular flexibility index (Phi) is 8.05. The summed E-state index contributed by atoms with van der Waals surface area (Å²) in [6, 6.07) is 68.0. The average molecular weight is 815 g/mol. The van der Waals surface area contributed by atoms with Gasteiger partial charge in [-0.2, -0.15) is 0 Å². The molecule has 2 aliphatic carbocycles. The van der Waals surface area contributed by atoms with Gasteiger partial charge >= 0.3 is 0 Å². The second-order valence-corrected chi connectivity index (χ2v) is 19.2. The predicted molar refractivity (Wildman–Crippen MR) is 264 cm³/mol. The number of hydrogen-bond acceptors (Lipinski definition) is 2. The van der Waals surface area contributed by atoms with Crippen LogP contribution in [0.5, 0.6) is 0 Å². The molecular weight excluding hydrogens is 769 g/mol. The van der Waals surface area contributed by atoms with Crippen molar-refractivity contribution in [2.45, 2.75) is 45.4 Å². The molecule has 10 aromatic rings. The summed E-state index contributed by atoms with van der Waals surface area (Å²) in [6.07, 6.45) is 0. The molecule has 0 saturated heterocycles. The molecule has 298 valence electrons. The number of aromatic nitrogens is 1. The summed E-state index contributed by atoms with van der Waals surface area (Å²) in [5.74, 6) is 0.